The summed E-state index contributed by atoms with van der Waals surface area (Å²) in [4.78, 5) is 30.4. The zero-order chi connectivity index (χ0) is 32.7. The summed E-state index contributed by atoms with van der Waals surface area (Å²) in [7, 11) is 1.47. The predicted octanol–water partition coefficient (Wildman–Crippen LogP) is 4.45. The van der Waals surface area contributed by atoms with Gasteiger partial charge < -0.3 is 25.2 Å². The molecular weight excluding hydrogens is 584 g/mol. The molecule has 0 aliphatic carbocycles. The van der Waals surface area contributed by atoms with Crippen LogP contribution in [0.2, 0.25) is 0 Å². The number of aryl methyl sites for hydroxylation is 1. The van der Waals surface area contributed by atoms with E-state index < -0.39 is 34.3 Å². The van der Waals surface area contributed by atoms with Gasteiger partial charge in [-0.1, -0.05) is 0 Å². The van der Waals surface area contributed by atoms with Gasteiger partial charge in [-0.25, -0.2) is 13.8 Å². The first-order valence-electron chi connectivity index (χ1n) is 14.4. The van der Waals surface area contributed by atoms with Crippen molar-refractivity contribution in [3.63, 3.8) is 0 Å². The van der Waals surface area contributed by atoms with E-state index in [1.54, 1.807) is 32.0 Å². The molecule has 2 atom stereocenters. The minimum atomic E-state index is -1.64. The zero-order valence-corrected chi connectivity index (χ0v) is 25.9. The maximum Gasteiger partial charge on any atom is 0.251 e. The van der Waals surface area contributed by atoms with Crippen LogP contribution in [0.1, 0.15) is 61.4 Å². The molecule has 0 spiro atoms. The van der Waals surface area contributed by atoms with Gasteiger partial charge in [0.2, 0.25) is 5.91 Å². The number of methoxy groups -OCH3 is 1. The molecule has 3 heterocycles. The molecule has 0 unspecified atom stereocenters. The lowest BCUT2D eigenvalue weighted by Crippen LogP contribution is -2.48. The normalized spacial score (nSPS) is 19.8. The Hall–Kier alpha value is -4.55. The van der Waals surface area contributed by atoms with E-state index in [-0.39, 0.29) is 48.0 Å². The molecule has 2 amide bonds. The van der Waals surface area contributed by atoms with Crippen molar-refractivity contribution in [2.45, 2.75) is 57.8 Å². The van der Waals surface area contributed by atoms with Crippen molar-refractivity contribution < 1.29 is 33.0 Å². The summed E-state index contributed by atoms with van der Waals surface area (Å²) in [6.45, 7) is 7.80. The van der Waals surface area contributed by atoms with Crippen molar-refractivity contribution in [2.24, 2.45) is 0 Å². The van der Waals surface area contributed by atoms with Gasteiger partial charge in [0, 0.05) is 35.4 Å². The minimum absolute atomic E-state index is 0.0625. The second kappa shape index (κ2) is 11.8. The number of hydrogen-bond donors (Lipinski definition) is 3. The largest absolute Gasteiger partial charge is 0.494 e. The van der Waals surface area contributed by atoms with Crippen molar-refractivity contribution in [3.8, 4) is 17.0 Å². The number of carbonyl (C=O) groups is 2. The van der Waals surface area contributed by atoms with Gasteiger partial charge in [-0.05, 0) is 76.2 Å². The number of amides is 2. The van der Waals surface area contributed by atoms with Crippen LogP contribution >= 0.6 is 0 Å². The highest BCUT2D eigenvalue weighted by atomic mass is 19.1. The third kappa shape index (κ3) is 6.47. The van der Waals surface area contributed by atoms with Crippen LogP contribution in [0.15, 0.2) is 48.5 Å². The number of ether oxygens (including phenoxy) is 2. The fourth-order valence-corrected chi connectivity index (χ4v) is 5.75. The number of aliphatic hydroxyl groups is 1. The summed E-state index contributed by atoms with van der Waals surface area (Å²) in [5, 5.41) is 25.7. The molecule has 1 fully saturated rings. The summed E-state index contributed by atoms with van der Waals surface area (Å²) >= 11 is 0. The van der Waals surface area contributed by atoms with Crippen LogP contribution in [0.25, 0.3) is 22.2 Å². The molecule has 4 aromatic rings. The van der Waals surface area contributed by atoms with E-state index in [4.69, 9.17) is 9.47 Å². The lowest BCUT2D eigenvalue weighted by molar-refractivity contribution is -0.120. The van der Waals surface area contributed by atoms with Crippen LogP contribution in [-0.4, -0.2) is 57.9 Å². The molecule has 1 saturated heterocycles. The molecule has 1 aliphatic heterocycles. The number of pyridine rings is 1. The van der Waals surface area contributed by atoms with Crippen LogP contribution in [0.5, 0.6) is 5.75 Å². The van der Waals surface area contributed by atoms with Gasteiger partial charge in [0.25, 0.3) is 5.91 Å². The fraction of sp³-hybridized carbons (Fsp3) is 0.364. The molecule has 236 valence electrons. The van der Waals surface area contributed by atoms with Gasteiger partial charge in [-0.3, -0.25) is 9.59 Å². The predicted molar refractivity (Wildman–Crippen MR) is 162 cm³/mol. The number of nitrogens with zero attached hydrogens (tertiary/aromatic N) is 3. The number of halogens is 2. The van der Waals surface area contributed by atoms with E-state index >= 15 is 4.39 Å². The second-order valence-electron chi connectivity index (χ2n) is 12.3. The average molecular weight is 620 g/mol. The van der Waals surface area contributed by atoms with Gasteiger partial charge in [-0.15, -0.1) is 5.10 Å². The number of rotatable bonds is 8. The monoisotopic (exact) mass is 619 g/mol. The molecule has 3 N–H and O–H groups in total. The van der Waals surface area contributed by atoms with E-state index in [9.17, 15) is 19.1 Å². The number of fused-ring (bicyclic) bond motifs is 1. The van der Waals surface area contributed by atoms with Crippen molar-refractivity contribution in [2.75, 3.05) is 20.3 Å². The molecule has 1 aliphatic rings. The molecular formula is C33H35F2N5O5. The van der Waals surface area contributed by atoms with Crippen LogP contribution in [0, 0.1) is 18.6 Å². The zero-order valence-electron chi connectivity index (χ0n) is 25.9. The molecule has 0 saturated carbocycles. The molecule has 2 aromatic heterocycles. The maximum absolute atomic E-state index is 15.9. The maximum atomic E-state index is 15.9. The smallest absolute Gasteiger partial charge is 0.251 e. The van der Waals surface area contributed by atoms with Crippen molar-refractivity contribution in [3.05, 3.63) is 82.7 Å². The van der Waals surface area contributed by atoms with Crippen LogP contribution in [0.3, 0.4) is 0 Å². The topological polar surface area (TPSA) is 136 Å². The second-order valence-corrected chi connectivity index (χ2v) is 12.3. The molecule has 0 bridgehead atoms. The Bertz CT molecular complexity index is 1790. The van der Waals surface area contributed by atoms with E-state index in [2.05, 4.69) is 25.8 Å². The third-order valence-corrected chi connectivity index (χ3v) is 7.81. The third-order valence-electron chi connectivity index (χ3n) is 7.81. The lowest BCUT2D eigenvalue weighted by Gasteiger charge is -2.32. The molecule has 45 heavy (non-hydrogen) atoms. The van der Waals surface area contributed by atoms with Crippen LogP contribution in [0.4, 0.5) is 8.78 Å². The number of hydrogen-bond acceptors (Lipinski definition) is 8. The molecule has 10 nitrogen and oxygen atoms in total. The Labute approximate surface area is 259 Å². The Kier molecular flexibility index (Phi) is 8.32. The number of aromatic nitrogens is 3. The molecule has 12 heteroatoms. The SMILES string of the molecule is COc1cc(C(=O)NC[C@]2(c3cc(C(C)(C)O)c(F)c(-c4ccc(F)cc4)n3)C[C@@](C)(NC(C)=O)CO2)cc2cc(C)nnc12. The highest BCUT2D eigenvalue weighted by Crippen LogP contribution is 2.43. The van der Waals surface area contributed by atoms with Gasteiger partial charge in [0.05, 0.1) is 42.8 Å². The molecule has 5 rings (SSSR count). The Balaban J connectivity index is 1.60. The Morgan fingerprint density at radius 2 is 1.82 bits per heavy atom. The van der Waals surface area contributed by atoms with Gasteiger partial charge >= 0.3 is 0 Å². The minimum Gasteiger partial charge on any atom is -0.494 e. The summed E-state index contributed by atoms with van der Waals surface area (Å²) in [6.07, 6.45) is 0.155. The van der Waals surface area contributed by atoms with Crippen molar-refractivity contribution >= 4 is 22.7 Å². The average Bonchev–Trinajstić information content (AvgIpc) is 3.31. The number of benzene rings is 2. The van der Waals surface area contributed by atoms with E-state index in [0.717, 1.165) is 0 Å². The van der Waals surface area contributed by atoms with Gasteiger partial charge in [0.1, 0.15) is 28.4 Å². The van der Waals surface area contributed by atoms with Gasteiger partial charge in [0.15, 0.2) is 5.82 Å². The van der Waals surface area contributed by atoms with E-state index in [1.807, 2.05) is 0 Å². The summed E-state index contributed by atoms with van der Waals surface area (Å²) in [5.41, 5.74) is -2.08. The lowest BCUT2D eigenvalue weighted by atomic mass is 9.84. The highest BCUT2D eigenvalue weighted by molar-refractivity contribution is 5.99. The number of carbonyl (C=O) groups excluding carboxylic acids is 2. The first kappa shape index (κ1) is 31.9. The van der Waals surface area contributed by atoms with Crippen molar-refractivity contribution in [1.29, 1.82) is 0 Å². The first-order valence-corrected chi connectivity index (χ1v) is 14.4. The van der Waals surface area contributed by atoms with E-state index in [1.165, 1.54) is 58.2 Å². The summed E-state index contributed by atoms with van der Waals surface area (Å²) in [5.74, 6) is -1.64. The highest BCUT2D eigenvalue weighted by Gasteiger charge is 2.50. The van der Waals surface area contributed by atoms with Crippen molar-refractivity contribution in [1.82, 2.24) is 25.8 Å². The summed E-state index contributed by atoms with van der Waals surface area (Å²) in [6, 6.07) is 11.6. The quantitative estimate of drug-likeness (QED) is 0.263. The van der Waals surface area contributed by atoms with E-state index in [0.29, 0.717) is 27.9 Å². The standard InChI is InChI=1S/C33H35F2N5O5/c1-18-11-21-12-22(13-25(44-6)28(21)40-39-18)30(42)36-16-33(15-32(5,17-45-33)38-19(2)41)26-14-24(31(3,4)43)27(35)29(37-26)20-7-9-23(34)10-8-20/h7-14,43H,15-17H2,1-6H3,(H,36,42)(H,38,41)/t32-,33+/m1/s1. The Morgan fingerprint density at radius 3 is 2.47 bits per heavy atom. The van der Waals surface area contributed by atoms with Crippen LogP contribution < -0.4 is 15.4 Å². The van der Waals surface area contributed by atoms with Gasteiger partial charge in [-0.2, -0.15) is 5.10 Å². The molecule has 0 radical (unpaired) electrons. The summed E-state index contributed by atoms with van der Waals surface area (Å²) < 4.78 is 41.5. The fourth-order valence-electron chi connectivity index (χ4n) is 5.75. The van der Waals surface area contributed by atoms with Crippen LogP contribution in [-0.2, 0) is 20.7 Å². The first-order chi connectivity index (χ1) is 21.1. The molecule has 2 aromatic carbocycles. The number of nitrogens with one attached hydrogen (secondary N) is 2. The Morgan fingerprint density at radius 1 is 1.11 bits per heavy atom.